The summed E-state index contributed by atoms with van der Waals surface area (Å²) in [6.07, 6.45) is -0.435. The van der Waals surface area contributed by atoms with Crippen LogP contribution in [0.25, 0.3) is 0 Å². The van der Waals surface area contributed by atoms with Gasteiger partial charge in [-0.25, -0.2) is 4.79 Å². The minimum absolute atomic E-state index is 0.257. The van der Waals surface area contributed by atoms with Crippen molar-refractivity contribution in [2.24, 2.45) is 0 Å². The van der Waals surface area contributed by atoms with Crippen molar-refractivity contribution in [1.29, 1.82) is 0 Å². The van der Waals surface area contributed by atoms with Gasteiger partial charge in [-0.15, -0.1) is 0 Å². The second kappa shape index (κ2) is 7.91. The maximum Gasteiger partial charge on any atom is 0.348 e. The molecule has 6 heteroatoms. The fraction of sp³-hybridized carbons (Fsp3) is 0.385. The molecule has 0 fully saturated rings. The van der Waals surface area contributed by atoms with Crippen molar-refractivity contribution in [3.63, 3.8) is 0 Å². The summed E-state index contributed by atoms with van der Waals surface area (Å²) in [5, 5.41) is 2.97. The average molecular weight is 330 g/mol. The number of methoxy groups -OCH3 is 1. The molecule has 0 spiro atoms. The van der Waals surface area contributed by atoms with Crippen LogP contribution in [0.15, 0.2) is 28.7 Å². The van der Waals surface area contributed by atoms with Crippen molar-refractivity contribution >= 4 is 28.4 Å². The summed E-state index contributed by atoms with van der Waals surface area (Å²) in [5.74, 6) is -0.582. The van der Waals surface area contributed by atoms with Crippen LogP contribution in [0.4, 0.5) is 0 Å². The number of ether oxygens (including phenoxy) is 2. The highest BCUT2D eigenvalue weighted by atomic mass is 79.9. The lowest BCUT2D eigenvalue weighted by molar-refractivity contribution is -0.161. The summed E-state index contributed by atoms with van der Waals surface area (Å²) in [7, 11) is 2.96. The normalized spacial score (nSPS) is 13.4. The number of esters is 1. The predicted octanol–water partition coefficient (Wildman–Crippen LogP) is 1.29. The highest BCUT2D eigenvalue weighted by Crippen LogP contribution is 2.15. The van der Waals surface area contributed by atoms with Gasteiger partial charge in [-0.1, -0.05) is 28.1 Å². The molecule has 0 saturated heterocycles. The number of halogens is 1. The topological polar surface area (TPSA) is 64.6 Å². The predicted molar refractivity (Wildman–Crippen MR) is 73.6 cm³/mol. The monoisotopic (exact) mass is 329 g/mol. The molecule has 1 aromatic carbocycles. The van der Waals surface area contributed by atoms with Gasteiger partial charge >= 0.3 is 5.97 Å². The second-order valence-electron chi connectivity index (χ2n) is 3.91. The van der Waals surface area contributed by atoms with E-state index in [1.807, 2.05) is 24.3 Å². The molecule has 0 radical (unpaired) electrons. The molecule has 2 unspecified atom stereocenters. The van der Waals surface area contributed by atoms with Crippen LogP contribution in [-0.2, 0) is 25.5 Å². The highest BCUT2D eigenvalue weighted by Gasteiger charge is 2.30. The average Bonchev–Trinajstić information content (AvgIpc) is 2.42. The third kappa shape index (κ3) is 4.65. The zero-order chi connectivity index (χ0) is 14.3. The van der Waals surface area contributed by atoms with Crippen molar-refractivity contribution in [3.05, 3.63) is 34.3 Å². The lowest BCUT2D eigenvalue weighted by Crippen LogP contribution is -2.46. The first-order valence-electron chi connectivity index (χ1n) is 5.71. The van der Waals surface area contributed by atoms with Crippen molar-refractivity contribution in [2.75, 3.05) is 14.2 Å². The number of rotatable bonds is 7. The lowest BCUT2D eigenvalue weighted by atomic mass is 10.0. The van der Waals surface area contributed by atoms with Gasteiger partial charge in [0.2, 0.25) is 6.10 Å². The minimum Gasteiger partial charge on any atom is -0.466 e. The van der Waals surface area contributed by atoms with E-state index in [1.165, 1.54) is 7.11 Å². The Hall–Kier alpha value is -1.40. The maximum atomic E-state index is 11.6. The first kappa shape index (κ1) is 15.7. The third-order valence-electron chi connectivity index (χ3n) is 2.72. The Kier molecular flexibility index (Phi) is 6.52. The molecule has 104 valence electrons. The molecule has 1 rings (SSSR count). The molecule has 1 aromatic rings. The largest absolute Gasteiger partial charge is 0.466 e. The first-order chi connectivity index (χ1) is 9.12. The van der Waals surface area contributed by atoms with Gasteiger partial charge in [0.25, 0.3) is 6.47 Å². The van der Waals surface area contributed by atoms with Crippen LogP contribution in [0, 0.1) is 0 Å². The standard InChI is InChI=1S/C13H16BrNO4/c1-15-11(12(19-8-16)13(17)18-2)7-9-4-3-5-10(14)6-9/h3-6,8,11-12,15H,7H2,1-2H3. The van der Waals surface area contributed by atoms with E-state index in [2.05, 4.69) is 26.0 Å². The number of carbonyl (C=O) groups is 2. The third-order valence-corrected chi connectivity index (χ3v) is 3.21. The quantitative estimate of drug-likeness (QED) is 0.603. The van der Waals surface area contributed by atoms with E-state index in [0.717, 1.165) is 10.0 Å². The molecule has 2 atom stereocenters. The van der Waals surface area contributed by atoms with Gasteiger partial charge in [-0.2, -0.15) is 0 Å². The Morgan fingerprint density at radius 2 is 2.26 bits per heavy atom. The van der Waals surface area contributed by atoms with Crippen LogP contribution in [0.3, 0.4) is 0 Å². The van der Waals surface area contributed by atoms with Gasteiger partial charge in [-0.3, -0.25) is 4.79 Å². The summed E-state index contributed by atoms with van der Waals surface area (Å²) in [5.41, 5.74) is 1.01. The molecular formula is C13H16BrNO4. The van der Waals surface area contributed by atoms with Crippen LogP contribution in [0.2, 0.25) is 0 Å². The van der Waals surface area contributed by atoms with E-state index in [1.54, 1.807) is 7.05 Å². The van der Waals surface area contributed by atoms with Crippen LogP contribution < -0.4 is 5.32 Å². The molecule has 0 aliphatic heterocycles. The fourth-order valence-corrected chi connectivity index (χ4v) is 2.22. The van der Waals surface area contributed by atoms with E-state index in [-0.39, 0.29) is 12.5 Å². The number of nitrogens with one attached hydrogen (secondary N) is 1. The van der Waals surface area contributed by atoms with Crippen LogP contribution in [-0.4, -0.2) is 38.7 Å². The van der Waals surface area contributed by atoms with Gasteiger partial charge < -0.3 is 14.8 Å². The van der Waals surface area contributed by atoms with Crippen molar-refractivity contribution in [2.45, 2.75) is 18.6 Å². The molecule has 1 N–H and O–H groups in total. The Bertz CT molecular complexity index is 438. The van der Waals surface area contributed by atoms with E-state index in [9.17, 15) is 9.59 Å². The van der Waals surface area contributed by atoms with E-state index < -0.39 is 12.1 Å². The van der Waals surface area contributed by atoms with Crippen molar-refractivity contribution in [3.8, 4) is 0 Å². The number of benzene rings is 1. The van der Waals surface area contributed by atoms with Crippen LogP contribution in [0.1, 0.15) is 5.56 Å². The summed E-state index contributed by atoms with van der Waals surface area (Å²) >= 11 is 3.38. The van der Waals surface area contributed by atoms with E-state index in [4.69, 9.17) is 4.74 Å². The molecule has 0 aromatic heterocycles. The van der Waals surface area contributed by atoms with E-state index in [0.29, 0.717) is 6.42 Å². The molecule has 0 amide bonds. The molecule has 5 nitrogen and oxygen atoms in total. The van der Waals surface area contributed by atoms with Crippen LogP contribution in [0.5, 0.6) is 0 Å². The van der Waals surface area contributed by atoms with Gasteiger partial charge in [0, 0.05) is 4.47 Å². The van der Waals surface area contributed by atoms with E-state index >= 15 is 0 Å². The van der Waals surface area contributed by atoms with Gasteiger partial charge in [-0.05, 0) is 31.2 Å². The Morgan fingerprint density at radius 1 is 1.53 bits per heavy atom. The smallest absolute Gasteiger partial charge is 0.348 e. The summed E-state index contributed by atoms with van der Waals surface area (Å²) in [6.45, 7) is 0.257. The zero-order valence-corrected chi connectivity index (χ0v) is 12.3. The first-order valence-corrected chi connectivity index (χ1v) is 6.50. The zero-order valence-electron chi connectivity index (χ0n) is 10.8. The summed E-state index contributed by atoms with van der Waals surface area (Å²) in [6, 6.07) is 7.34. The summed E-state index contributed by atoms with van der Waals surface area (Å²) < 4.78 is 10.4. The number of hydrogen-bond donors (Lipinski definition) is 1. The van der Waals surface area contributed by atoms with Crippen molar-refractivity contribution in [1.82, 2.24) is 5.32 Å². The Balaban J connectivity index is 2.85. The van der Waals surface area contributed by atoms with Gasteiger partial charge in [0.1, 0.15) is 0 Å². The summed E-state index contributed by atoms with van der Waals surface area (Å²) in [4.78, 5) is 22.1. The molecular weight excluding hydrogens is 314 g/mol. The number of carbonyl (C=O) groups excluding carboxylic acids is 2. The molecule has 0 heterocycles. The second-order valence-corrected chi connectivity index (χ2v) is 4.82. The molecule has 0 saturated carbocycles. The lowest BCUT2D eigenvalue weighted by Gasteiger charge is -2.23. The van der Waals surface area contributed by atoms with Crippen LogP contribution >= 0.6 is 15.9 Å². The van der Waals surface area contributed by atoms with Crippen molar-refractivity contribution < 1.29 is 19.1 Å². The van der Waals surface area contributed by atoms with Gasteiger partial charge in [0.15, 0.2) is 0 Å². The fourth-order valence-electron chi connectivity index (χ4n) is 1.77. The Labute approximate surface area is 120 Å². The highest BCUT2D eigenvalue weighted by molar-refractivity contribution is 9.10. The minimum atomic E-state index is -0.966. The number of likely N-dealkylation sites (N-methyl/N-ethyl adjacent to an activating group) is 1. The Morgan fingerprint density at radius 3 is 2.79 bits per heavy atom. The SMILES string of the molecule is CNC(Cc1cccc(Br)c1)C(OC=O)C(=O)OC. The maximum absolute atomic E-state index is 11.6. The molecule has 0 aliphatic rings. The number of hydrogen-bond acceptors (Lipinski definition) is 5. The molecule has 0 aliphatic carbocycles. The molecule has 19 heavy (non-hydrogen) atoms. The van der Waals surface area contributed by atoms with Gasteiger partial charge in [0.05, 0.1) is 13.2 Å². The molecule has 0 bridgehead atoms.